The van der Waals surface area contributed by atoms with Crippen molar-refractivity contribution in [3.8, 4) is 0 Å². The summed E-state index contributed by atoms with van der Waals surface area (Å²) < 4.78 is 12.2. The summed E-state index contributed by atoms with van der Waals surface area (Å²) >= 11 is 0. The Kier molecular flexibility index (Phi) is 1.28. The molecule has 0 atom stereocenters. The zero-order valence-corrected chi connectivity index (χ0v) is 4.63. The number of hydrogen-bond donors (Lipinski definition) is 0. The van der Waals surface area contributed by atoms with Gasteiger partial charge >= 0.3 is 0 Å². The molecule has 0 radical (unpaired) electrons. The lowest BCUT2D eigenvalue weighted by Crippen LogP contribution is -1.89. The average molecular weight is 114 g/mol. The first kappa shape index (κ1) is 5.28. The first-order valence-electron chi connectivity index (χ1n) is 2.53. The Morgan fingerprint density at radius 3 is 2.88 bits per heavy atom. The lowest BCUT2D eigenvalue weighted by molar-refractivity contribution is 0.303. The predicted molar refractivity (Wildman–Crippen MR) is 28.1 cm³/mol. The van der Waals surface area contributed by atoms with Crippen LogP contribution in [-0.2, 0) is 6.42 Å². The molecule has 1 heterocycles. The third-order valence-electron chi connectivity index (χ3n) is 1.03. The summed E-state index contributed by atoms with van der Waals surface area (Å²) in [5.74, 6) is 0. The SMILES string of the molecule is CCc1ccnn1F. The van der Waals surface area contributed by atoms with Crippen LogP contribution in [0.1, 0.15) is 12.6 Å². The van der Waals surface area contributed by atoms with Crippen LogP contribution in [0.25, 0.3) is 0 Å². The van der Waals surface area contributed by atoms with E-state index in [0.717, 1.165) is 0 Å². The third kappa shape index (κ3) is 0.710. The van der Waals surface area contributed by atoms with Gasteiger partial charge in [0.15, 0.2) is 0 Å². The van der Waals surface area contributed by atoms with E-state index in [0.29, 0.717) is 17.0 Å². The van der Waals surface area contributed by atoms with Crippen molar-refractivity contribution in [1.29, 1.82) is 0 Å². The van der Waals surface area contributed by atoms with Crippen LogP contribution in [0.2, 0.25) is 0 Å². The number of rotatable bonds is 1. The zero-order chi connectivity index (χ0) is 5.98. The second-order valence-electron chi connectivity index (χ2n) is 1.54. The van der Waals surface area contributed by atoms with Gasteiger partial charge in [-0.3, -0.25) is 0 Å². The normalized spacial score (nSPS) is 9.75. The van der Waals surface area contributed by atoms with Gasteiger partial charge in [-0.05, 0) is 12.5 Å². The molecule has 0 amide bonds. The van der Waals surface area contributed by atoms with Crippen LogP contribution in [0.15, 0.2) is 12.3 Å². The Labute approximate surface area is 46.9 Å². The molecule has 44 valence electrons. The fraction of sp³-hybridized carbons (Fsp3) is 0.400. The molecule has 0 unspecified atom stereocenters. The number of hydrogen-bond acceptors (Lipinski definition) is 1. The summed E-state index contributed by atoms with van der Waals surface area (Å²) in [5.41, 5.74) is 0.616. The van der Waals surface area contributed by atoms with Crippen molar-refractivity contribution in [3.63, 3.8) is 0 Å². The number of aryl methyl sites for hydroxylation is 1. The number of halogens is 1. The van der Waals surface area contributed by atoms with E-state index in [2.05, 4.69) is 5.10 Å². The summed E-state index contributed by atoms with van der Waals surface area (Å²) in [6.07, 6.45) is 2.13. The van der Waals surface area contributed by atoms with Gasteiger partial charge in [0, 0.05) is 0 Å². The molecule has 1 aromatic rings. The highest BCUT2D eigenvalue weighted by atomic mass is 19.2. The minimum Gasteiger partial charge on any atom is -0.151 e. The van der Waals surface area contributed by atoms with Gasteiger partial charge in [-0.2, -0.15) is 5.10 Å². The third-order valence-corrected chi connectivity index (χ3v) is 1.03. The molecule has 3 heteroatoms. The van der Waals surface area contributed by atoms with Crippen LogP contribution < -0.4 is 0 Å². The average Bonchev–Trinajstić information content (AvgIpc) is 2.14. The second-order valence-corrected chi connectivity index (χ2v) is 1.54. The first-order chi connectivity index (χ1) is 3.84. The minimum absolute atomic E-state index is 0.389. The molecule has 2 nitrogen and oxygen atoms in total. The van der Waals surface area contributed by atoms with Crippen LogP contribution >= 0.6 is 0 Å². The maximum absolute atomic E-state index is 12.2. The van der Waals surface area contributed by atoms with Gasteiger partial charge < -0.3 is 0 Å². The largest absolute Gasteiger partial charge is 0.151 e. The highest BCUT2D eigenvalue weighted by Crippen LogP contribution is 1.97. The molecular formula is C5H7FN2. The molecule has 1 rings (SSSR count). The van der Waals surface area contributed by atoms with Gasteiger partial charge in [0.1, 0.15) is 0 Å². The van der Waals surface area contributed by atoms with Crippen LogP contribution in [0, 0.1) is 0 Å². The Hall–Kier alpha value is -0.860. The van der Waals surface area contributed by atoms with Gasteiger partial charge in [-0.25, -0.2) is 0 Å². The molecule has 0 aromatic carbocycles. The Bertz CT molecular complexity index is 171. The molecule has 0 aliphatic heterocycles. The van der Waals surface area contributed by atoms with Crippen molar-refractivity contribution in [2.75, 3.05) is 0 Å². The van der Waals surface area contributed by atoms with E-state index in [-0.39, 0.29) is 0 Å². The minimum atomic E-state index is 0.389. The van der Waals surface area contributed by atoms with Crippen molar-refractivity contribution in [2.45, 2.75) is 13.3 Å². The van der Waals surface area contributed by atoms with Crippen LogP contribution in [0.5, 0.6) is 0 Å². The maximum Gasteiger partial charge on any atom is 0.0740 e. The monoisotopic (exact) mass is 114 g/mol. The highest BCUT2D eigenvalue weighted by molar-refractivity contribution is 4.97. The van der Waals surface area contributed by atoms with Gasteiger partial charge in [-0.15, -0.1) is 4.90 Å². The fourth-order valence-corrected chi connectivity index (χ4v) is 0.562. The summed E-state index contributed by atoms with van der Waals surface area (Å²) in [6.45, 7) is 1.88. The van der Waals surface area contributed by atoms with E-state index in [1.54, 1.807) is 6.07 Å². The lowest BCUT2D eigenvalue weighted by Gasteiger charge is -1.87. The van der Waals surface area contributed by atoms with Crippen LogP contribution in [0.3, 0.4) is 0 Å². The van der Waals surface area contributed by atoms with Gasteiger partial charge in [0.05, 0.1) is 11.9 Å². The molecule has 0 saturated heterocycles. The van der Waals surface area contributed by atoms with E-state index >= 15 is 0 Å². The van der Waals surface area contributed by atoms with E-state index in [9.17, 15) is 4.48 Å². The molecule has 0 aliphatic rings. The van der Waals surface area contributed by atoms with Crippen molar-refractivity contribution < 1.29 is 4.48 Å². The maximum atomic E-state index is 12.2. The van der Waals surface area contributed by atoms with Crippen molar-refractivity contribution in [1.82, 2.24) is 10.0 Å². The van der Waals surface area contributed by atoms with E-state index in [1.807, 2.05) is 6.92 Å². The van der Waals surface area contributed by atoms with Gasteiger partial charge in [0.25, 0.3) is 0 Å². The molecular weight excluding hydrogens is 107 g/mol. The van der Waals surface area contributed by atoms with Crippen molar-refractivity contribution in [3.05, 3.63) is 18.0 Å². The van der Waals surface area contributed by atoms with Crippen molar-refractivity contribution >= 4 is 0 Å². The molecule has 0 N–H and O–H groups in total. The van der Waals surface area contributed by atoms with Gasteiger partial charge in [0.2, 0.25) is 0 Å². The van der Waals surface area contributed by atoms with Crippen molar-refractivity contribution in [2.24, 2.45) is 0 Å². The Morgan fingerprint density at radius 2 is 2.62 bits per heavy atom. The molecule has 1 aromatic heterocycles. The fourth-order valence-electron chi connectivity index (χ4n) is 0.562. The Balaban J connectivity index is 2.92. The standard InChI is InChI=1S/C5H7FN2/c1-2-5-3-4-7-8(5)6/h3-4H,2H2,1H3. The molecule has 0 aliphatic carbocycles. The van der Waals surface area contributed by atoms with E-state index < -0.39 is 0 Å². The topological polar surface area (TPSA) is 17.8 Å². The molecule has 0 bridgehead atoms. The van der Waals surface area contributed by atoms with Crippen LogP contribution in [-0.4, -0.2) is 10.0 Å². The zero-order valence-electron chi connectivity index (χ0n) is 4.63. The predicted octanol–water partition coefficient (Wildman–Crippen LogP) is 1.18. The van der Waals surface area contributed by atoms with E-state index in [4.69, 9.17) is 0 Å². The van der Waals surface area contributed by atoms with Gasteiger partial charge in [-0.1, -0.05) is 11.4 Å². The molecule has 0 fully saturated rings. The lowest BCUT2D eigenvalue weighted by atomic mass is 10.3. The smallest absolute Gasteiger partial charge is 0.0740 e. The summed E-state index contributed by atoms with van der Waals surface area (Å²) in [6, 6.07) is 1.65. The van der Waals surface area contributed by atoms with E-state index in [1.165, 1.54) is 6.20 Å². The number of aromatic nitrogens is 2. The molecule has 0 saturated carbocycles. The number of nitrogens with zero attached hydrogens (tertiary/aromatic N) is 2. The quantitative estimate of drug-likeness (QED) is 0.536. The summed E-state index contributed by atoms with van der Waals surface area (Å²) in [5, 5.41) is 3.34. The highest BCUT2D eigenvalue weighted by Gasteiger charge is 1.94. The summed E-state index contributed by atoms with van der Waals surface area (Å²) in [4.78, 5) is 0.389. The van der Waals surface area contributed by atoms with Crippen LogP contribution in [0.4, 0.5) is 4.48 Å². The summed E-state index contributed by atoms with van der Waals surface area (Å²) in [7, 11) is 0. The first-order valence-corrected chi connectivity index (χ1v) is 2.53. The molecule has 0 spiro atoms. The second kappa shape index (κ2) is 1.94. The molecule has 8 heavy (non-hydrogen) atoms. The Morgan fingerprint density at radius 1 is 1.88 bits per heavy atom.